The summed E-state index contributed by atoms with van der Waals surface area (Å²) in [5, 5.41) is 11.4. The molecule has 0 spiro atoms. The Hall–Kier alpha value is -1.88. The summed E-state index contributed by atoms with van der Waals surface area (Å²) in [6.07, 6.45) is 3.78. The SMILES string of the molecule is COc1ccc(C=C2CC(C)(C)N(C)C(C)(C)C2)c([N+](=O)[O-])c1. The van der Waals surface area contributed by atoms with Gasteiger partial charge in [-0.05, 0) is 65.8 Å². The Labute approximate surface area is 138 Å². The number of nitrogens with zero attached hydrogens (tertiary/aromatic N) is 2. The summed E-state index contributed by atoms with van der Waals surface area (Å²) in [5.74, 6) is 0.503. The van der Waals surface area contributed by atoms with Gasteiger partial charge in [-0.15, -0.1) is 0 Å². The fraction of sp³-hybridized carbons (Fsp3) is 0.556. The maximum atomic E-state index is 11.4. The van der Waals surface area contributed by atoms with Gasteiger partial charge < -0.3 is 4.74 Å². The zero-order valence-corrected chi connectivity index (χ0v) is 14.8. The molecule has 0 bridgehead atoms. The van der Waals surface area contributed by atoms with Crippen LogP contribution in [0, 0.1) is 10.1 Å². The van der Waals surface area contributed by atoms with Crippen molar-refractivity contribution in [2.45, 2.75) is 51.6 Å². The molecule has 1 heterocycles. The highest BCUT2D eigenvalue weighted by molar-refractivity contribution is 5.65. The van der Waals surface area contributed by atoms with E-state index in [1.807, 2.05) is 6.08 Å². The van der Waals surface area contributed by atoms with Crippen molar-refractivity contribution in [2.75, 3.05) is 14.2 Å². The second-order valence-electron chi connectivity index (χ2n) is 7.52. The predicted octanol–water partition coefficient (Wildman–Crippen LogP) is 4.27. The van der Waals surface area contributed by atoms with Crippen LogP contribution in [0.2, 0.25) is 0 Å². The van der Waals surface area contributed by atoms with Gasteiger partial charge in [0.25, 0.3) is 5.69 Å². The van der Waals surface area contributed by atoms with E-state index in [4.69, 9.17) is 4.74 Å². The number of ether oxygens (including phenoxy) is 1. The minimum atomic E-state index is -0.347. The molecule has 1 aromatic rings. The van der Waals surface area contributed by atoms with Crippen molar-refractivity contribution in [3.05, 3.63) is 39.4 Å². The highest BCUT2D eigenvalue weighted by Gasteiger charge is 2.40. The lowest BCUT2D eigenvalue weighted by atomic mass is 9.77. The Bertz CT molecular complexity index is 628. The van der Waals surface area contributed by atoms with E-state index in [9.17, 15) is 10.1 Å². The van der Waals surface area contributed by atoms with Crippen molar-refractivity contribution >= 4 is 11.8 Å². The molecule has 1 aromatic carbocycles. The summed E-state index contributed by atoms with van der Waals surface area (Å²) in [6.45, 7) is 8.85. The molecular weight excluding hydrogens is 292 g/mol. The molecule has 2 rings (SSSR count). The van der Waals surface area contributed by atoms with E-state index in [0.717, 1.165) is 12.8 Å². The van der Waals surface area contributed by atoms with Gasteiger partial charge >= 0.3 is 0 Å². The van der Waals surface area contributed by atoms with Crippen LogP contribution in [-0.2, 0) is 0 Å². The average Bonchev–Trinajstić information content (AvgIpc) is 2.44. The van der Waals surface area contributed by atoms with E-state index < -0.39 is 0 Å². The zero-order chi connectivity index (χ0) is 17.4. The number of benzene rings is 1. The maximum Gasteiger partial charge on any atom is 0.280 e. The Morgan fingerprint density at radius 1 is 1.22 bits per heavy atom. The largest absolute Gasteiger partial charge is 0.497 e. The number of likely N-dealkylation sites (tertiary alicyclic amines) is 1. The predicted molar refractivity (Wildman–Crippen MR) is 92.8 cm³/mol. The van der Waals surface area contributed by atoms with Crippen LogP contribution in [0.3, 0.4) is 0 Å². The smallest absolute Gasteiger partial charge is 0.280 e. The van der Waals surface area contributed by atoms with E-state index >= 15 is 0 Å². The zero-order valence-electron chi connectivity index (χ0n) is 14.8. The molecule has 0 radical (unpaired) electrons. The lowest BCUT2D eigenvalue weighted by molar-refractivity contribution is -0.385. The summed E-state index contributed by atoms with van der Waals surface area (Å²) in [5.41, 5.74) is 2.02. The molecule has 5 heteroatoms. The van der Waals surface area contributed by atoms with Gasteiger partial charge in [-0.25, -0.2) is 0 Å². The Morgan fingerprint density at radius 3 is 2.26 bits per heavy atom. The van der Waals surface area contributed by atoms with Crippen LogP contribution in [0.15, 0.2) is 23.8 Å². The van der Waals surface area contributed by atoms with Crippen LogP contribution < -0.4 is 4.74 Å². The third kappa shape index (κ3) is 3.55. The first-order valence-corrected chi connectivity index (χ1v) is 7.83. The second kappa shape index (κ2) is 5.96. The van der Waals surface area contributed by atoms with Crippen LogP contribution >= 0.6 is 0 Å². The number of hydrogen-bond acceptors (Lipinski definition) is 4. The molecule has 1 saturated heterocycles. The van der Waals surface area contributed by atoms with Crippen LogP contribution in [0.5, 0.6) is 5.75 Å². The van der Waals surface area contributed by atoms with Crippen molar-refractivity contribution in [2.24, 2.45) is 0 Å². The van der Waals surface area contributed by atoms with Crippen LogP contribution in [0.25, 0.3) is 6.08 Å². The normalized spacial score (nSPS) is 20.2. The quantitative estimate of drug-likeness (QED) is 0.617. The summed E-state index contributed by atoms with van der Waals surface area (Å²) in [4.78, 5) is 13.4. The minimum absolute atomic E-state index is 0.0227. The molecule has 0 amide bonds. The second-order valence-corrected chi connectivity index (χ2v) is 7.52. The summed E-state index contributed by atoms with van der Waals surface area (Å²) in [6, 6.07) is 5.02. The molecule has 1 aliphatic heterocycles. The van der Waals surface area contributed by atoms with Crippen LogP contribution in [-0.4, -0.2) is 35.1 Å². The molecule has 23 heavy (non-hydrogen) atoms. The molecule has 0 N–H and O–H groups in total. The lowest BCUT2D eigenvalue weighted by Crippen LogP contribution is -2.56. The Balaban J connectivity index is 2.44. The molecular formula is C18H26N2O3. The maximum absolute atomic E-state index is 11.4. The van der Waals surface area contributed by atoms with Crippen molar-refractivity contribution in [3.63, 3.8) is 0 Å². The van der Waals surface area contributed by atoms with Gasteiger partial charge in [0, 0.05) is 11.1 Å². The van der Waals surface area contributed by atoms with Crippen LogP contribution in [0.1, 0.15) is 46.1 Å². The van der Waals surface area contributed by atoms with E-state index in [1.54, 1.807) is 12.1 Å². The monoisotopic (exact) mass is 318 g/mol. The molecule has 0 atom stereocenters. The Kier molecular flexibility index (Phi) is 4.53. The highest BCUT2D eigenvalue weighted by Crippen LogP contribution is 2.41. The fourth-order valence-corrected chi connectivity index (χ4v) is 3.48. The van der Waals surface area contributed by atoms with Crippen molar-refractivity contribution in [1.82, 2.24) is 4.90 Å². The first-order valence-electron chi connectivity index (χ1n) is 7.83. The Morgan fingerprint density at radius 2 is 1.78 bits per heavy atom. The van der Waals surface area contributed by atoms with E-state index in [2.05, 4.69) is 39.6 Å². The third-order valence-corrected chi connectivity index (χ3v) is 4.93. The molecule has 0 saturated carbocycles. The number of nitro groups is 1. The number of nitro benzene ring substituents is 1. The van der Waals surface area contributed by atoms with E-state index in [0.29, 0.717) is 11.3 Å². The molecule has 1 aliphatic rings. The first kappa shape index (κ1) is 17.5. The molecule has 126 valence electrons. The van der Waals surface area contributed by atoms with E-state index in [1.165, 1.54) is 18.7 Å². The summed E-state index contributed by atoms with van der Waals surface area (Å²) in [7, 11) is 3.66. The summed E-state index contributed by atoms with van der Waals surface area (Å²) < 4.78 is 5.10. The number of piperidine rings is 1. The van der Waals surface area contributed by atoms with Crippen LogP contribution in [0.4, 0.5) is 5.69 Å². The van der Waals surface area contributed by atoms with Gasteiger partial charge in [-0.1, -0.05) is 5.57 Å². The first-order chi connectivity index (χ1) is 10.6. The van der Waals surface area contributed by atoms with Crippen molar-refractivity contribution in [1.29, 1.82) is 0 Å². The molecule has 5 nitrogen and oxygen atoms in total. The van der Waals surface area contributed by atoms with Crippen molar-refractivity contribution < 1.29 is 9.66 Å². The van der Waals surface area contributed by atoms with Gasteiger partial charge in [0.2, 0.25) is 0 Å². The molecule has 0 aliphatic carbocycles. The fourth-order valence-electron chi connectivity index (χ4n) is 3.48. The molecule has 1 fully saturated rings. The molecule has 0 unspecified atom stereocenters. The average molecular weight is 318 g/mol. The van der Waals surface area contributed by atoms with E-state index in [-0.39, 0.29) is 21.7 Å². The number of hydrogen-bond donors (Lipinski definition) is 0. The topological polar surface area (TPSA) is 55.6 Å². The number of methoxy groups -OCH3 is 1. The van der Waals surface area contributed by atoms with Gasteiger partial charge in [-0.2, -0.15) is 0 Å². The highest BCUT2D eigenvalue weighted by atomic mass is 16.6. The van der Waals surface area contributed by atoms with Gasteiger partial charge in [-0.3, -0.25) is 15.0 Å². The third-order valence-electron chi connectivity index (χ3n) is 4.93. The van der Waals surface area contributed by atoms with Gasteiger partial charge in [0.05, 0.1) is 23.7 Å². The van der Waals surface area contributed by atoms with Crippen molar-refractivity contribution in [3.8, 4) is 5.75 Å². The van der Waals surface area contributed by atoms with Gasteiger partial charge in [0.15, 0.2) is 0 Å². The standard InChI is InChI=1S/C18H26N2O3/c1-17(2)11-13(12-18(3,4)19(17)5)9-14-7-8-15(23-6)10-16(14)20(21)22/h7-10H,11-12H2,1-6H3. The molecule has 0 aromatic heterocycles. The number of rotatable bonds is 3. The summed E-state index contributed by atoms with van der Waals surface area (Å²) >= 11 is 0. The lowest BCUT2D eigenvalue weighted by Gasteiger charge is -2.51. The van der Waals surface area contributed by atoms with Gasteiger partial charge in [0.1, 0.15) is 5.75 Å². The minimum Gasteiger partial charge on any atom is -0.497 e.